The summed E-state index contributed by atoms with van der Waals surface area (Å²) in [4.78, 5) is 0. The molecule has 2 aliphatic rings. The maximum atomic E-state index is 6.07. The molecule has 4 nitrogen and oxygen atoms in total. The molecule has 2 atom stereocenters. The minimum absolute atomic E-state index is 0.0467. The summed E-state index contributed by atoms with van der Waals surface area (Å²) >= 11 is 0. The van der Waals surface area contributed by atoms with Crippen LogP contribution in [0.25, 0.3) is 0 Å². The zero-order valence-electron chi connectivity index (χ0n) is 22.4. The molecule has 0 aromatic rings. The Labute approximate surface area is 209 Å². The molecule has 2 aliphatic heterocycles. The van der Waals surface area contributed by atoms with Gasteiger partial charge in [0, 0.05) is 13.2 Å². The van der Waals surface area contributed by atoms with Crippen LogP contribution in [0.4, 0.5) is 0 Å². The van der Waals surface area contributed by atoms with E-state index in [1.54, 1.807) is 0 Å². The highest BCUT2D eigenvalue weighted by Gasteiger charge is 2.15. The van der Waals surface area contributed by atoms with Gasteiger partial charge in [-0.2, -0.15) is 0 Å². The molecule has 0 aliphatic carbocycles. The molecule has 34 heavy (non-hydrogen) atoms. The monoisotopic (exact) mass is 474 g/mol. The van der Waals surface area contributed by atoms with Gasteiger partial charge in [0.1, 0.15) is 0 Å². The molecule has 0 aromatic carbocycles. The maximum Gasteiger partial charge on any atom is 0.158 e. The fourth-order valence-corrected chi connectivity index (χ4v) is 4.23. The van der Waals surface area contributed by atoms with Crippen LogP contribution in [0.15, 0.2) is 46.6 Å². The van der Waals surface area contributed by atoms with Gasteiger partial charge in [0.25, 0.3) is 0 Å². The SMILES string of the molecule is CC(C)=CCC/C(C)=C/CC/C(C)=C/CC/C(=C\COC1CCCCO1)COC1CCCCO1. The quantitative estimate of drug-likeness (QED) is 0.224. The van der Waals surface area contributed by atoms with E-state index in [0.29, 0.717) is 13.2 Å². The molecule has 2 heterocycles. The molecule has 0 spiro atoms. The molecule has 0 radical (unpaired) electrons. The first-order chi connectivity index (χ1) is 16.5. The van der Waals surface area contributed by atoms with Crippen LogP contribution in [-0.2, 0) is 18.9 Å². The Balaban J connectivity index is 1.75. The Morgan fingerprint density at radius 2 is 1.24 bits per heavy atom. The fourth-order valence-electron chi connectivity index (χ4n) is 4.23. The number of allylic oxidation sites excluding steroid dienone is 6. The first-order valence-electron chi connectivity index (χ1n) is 13.6. The van der Waals surface area contributed by atoms with Crippen LogP contribution >= 0.6 is 0 Å². The molecule has 0 N–H and O–H groups in total. The van der Waals surface area contributed by atoms with E-state index >= 15 is 0 Å². The lowest BCUT2D eigenvalue weighted by molar-refractivity contribution is -0.159. The molecule has 0 aromatic heterocycles. The average molecular weight is 475 g/mol. The van der Waals surface area contributed by atoms with Gasteiger partial charge in [-0.25, -0.2) is 0 Å². The lowest BCUT2D eigenvalue weighted by Gasteiger charge is -2.24. The Morgan fingerprint density at radius 1 is 0.676 bits per heavy atom. The molecule has 0 amide bonds. The molecule has 194 valence electrons. The second-order valence-electron chi connectivity index (χ2n) is 10.1. The smallest absolute Gasteiger partial charge is 0.158 e. The van der Waals surface area contributed by atoms with Crippen LogP contribution in [-0.4, -0.2) is 39.0 Å². The van der Waals surface area contributed by atoms with Crippen LogP contribution in [0.1, 0.15) is 105 Å². The third-order valence-electron chi connectivity index (χ3n) is 6.47. The van der Waals surface area contributed by atoms with E-state index in [-0.39, 0.29) is 12.6 Å². The Morgan fingerprint density at radius 3 is 1.79 bits per heavy atom. The molecule has 2 fully saturated rings. The van der Waals surface area contributed by atoms with Crippen molar-refractivity contribution >= 4 is 0 Å². The van der Waals surface area contributed by atoms with Crippen molar-refractivity contribution in [3.8, 4) is 0 Å². The van der Waals surface area contributed by atoms with Crippen LogP contribution in [0.3, 0.4) is 0 Å². The average Bonchev–Trinajstić information content (AvgIpc) is 2.83. The topological polar surface area (TPSA) is 36.9 Å². The summed E-state index contributed by atoms with van der Waals surface area (Å²) in [7, 11) is 0. The van der Waals surface area contributed by atoms with Crippen LogP contribution in [0, 0.1) is 0 Å². The van der Waals surface area contributed by atoms with Crippen molar-refractivity contribution in [1.82, 2.24) is 0 Å². The van der Waals surface area contributed by atoms with Crippen molar-refractivity contribution in [2.75, 3.05) is 26.4 Å². The fraction of sp³-hybridized carbons (Fsp3) is 0.733. The predicted molar refractivity (Wildman–Crippen MR) is 142 cm³/mol. The molecule has 0 saturated carbocycles. The highest BCUT2D eigenvalue weighted by molar-refractivity contribution is 5.08. The van der Waals surface area contributed by atoms with E-state index in [9.17, 15) is 0 Å². The van der Waals surface area contributed by atoms with Crippen molar-refractivity contribution in [2.24, 2.45) is 0 Å². The summed E-state index contributed by atoms with van der Waals surface area (Å²) < 4.78 is 23.5. The second-order valence-corrected chi connectivity index (χ2v) is 10.1. The van der Waals surface area contributed by atoms with Crippen LogP contribution in [0.5, 0.6) is 0 Å². The highest BCUT2D eigenvalue weighted by atomic mass is 16.7. The van der Waals surface area contributed by atoms with Crippen molar-refractivity contribution in [3.63, 3.8) is 0 Å². The molecule has 4 heteroatoms. The van der Waals surface area contributed by atoms with Gasteiger partial charge in [-0.05, 0) is 110 Å². The Bertz CT molecular complexity index is 657. The zero-order chi connectivity index (χ0) is 24.4. The number of ether oxygens (including phenoxy) is 4. The molecular formula is C30H50O4. The van der Waals surface area contributed by atoms with Crippen molar-refractivity contribution in [1.29, 1.82) is 0 Å². The van der Waals surface area contributed by atoms with E-state index in [0.717, 1.165) is 71.0 Å². The van der Waals surface area contributed by atoms with E-state index in [2.05, 4.69) is 52.0 Å². The van der Waals surface area contributed by atoms with E-state index < -0.39 is 0 Å². The molecular weight excluding hydrogens is 424 g/mol. The van der Waals surface area contributed by atoms with Gasteiger partial charge in [-0.1, -0.05) is 41.0 Å². The first-order valence-corrected chi connectivity index (χ1v) is 13.6. The predicted octanol–water partition coefficient (Wildman–Crippen LogP) is 8.20. The third kappa shape index (κ3) is 14.3. The van der Waals surface area contributed by atoms with E-state index in [1.807, 2.05) is 0 Å². The van der Waals surface area contributed by atoms with Gasteiger partial charge in [-0.15, -0.1) is 0 Å². The van der Waals surface area contributed by atoms with Gasteiger partial charge < -0.3 is 18.9 Å². The van der Waals surface area contributed by atoms with Gasteiger partial charge in [0.15, 0.2) is 12.6 Å². The van der Waals surface area contributed by atoms with Crippen molar-refractivity contribution in [3.05, 3.63) is 46.6 Å². The summed E-state index contributed by atoms with van der Waals surface area (Å²) in [5.41, 5.74) is 5.67. The van der Waals surface area contributed by atoms with Crippen molar-refractivity contribution in [2.45, 2.75) is 117 Å². The van der Waals surface area contributed by atoms with Gasteiger partial charge >= 0.3 is 0 Å². The summed E-state index contributed by atoms with van der Waals surface area (Å²) in [6, 6.07) is 0. The third-order valence-corrected chi connectivity index (χ3v) is 6.47. The van der Waals surface area contributed by atoms with E-state index in [4.69, 9.17) is 18.9 Å². The molecule has 0 bridgehead atoms. The summed E-state index contributed by atoms with van der Waals surface area (Å²) in [5.74, 6) is 0. The van der Waals surface area contributed by atoms with Crippen LogP contribution in [0.2, 0.25) is 0 Å². The molecule has 2 unspecified atom stereocenters. The minimum Gasteiger partial charge on any atom is -0.353 e. The van der Waals surface area contributed by atoms with Gasteiger partial charge in [-0.3, -0.25) is 0 Å². The second kappa shape index (κ2) is 18.1. The first kappa shape index (κ1) is 29.0. The number of rotatable bonds is 15. The maximum absolute atomic E-state index is 6.07. The Hall–Kier alpha value is -1.20. The highest BCUT2D eigenvalue weighted by Crippen LogP contribution is 2.18. The number of hydrogen-bond donors (Lipinski definition) is 0. The largest absolute Gasteiger partial charge is 0.353 e. The molecule has 2 saturated heterocycles. The van der Waals surface area contributed by atoms with Gasteiger partial charge in [0.05, 0.1) is 13.2 Å². The lowest BCUT2D eigenvalue weighted by Crippen LogP contribution is -2.24. The summed E-state index contributed by atoms with van der Waals surface area (Å²) in [6.45, 7) is 11.7. The lowest BCUT2D eigenvalue weighted by atomic mass is 10.0. The summed E-state index contributed by atoms with van der Waals surface area (Å²) in [6.07, 6.45) is 22.5. The van der Waals surface area contributed by atoms with Gasteiger partial charge in [0.2, 0.25) is 0 Å². The Kier molecular flexibility index (Phi) is 15.5. The standard InChI is InChI=1S/C30H50O4/c1-25(2)12-9-13-26(3)14-10-15-27(4)16-11-17-28(24-34-30-19-6-8-22-32-30)20-23-33-29-18-5-7-21-31-29/h12,14,16,20,29-30H,5-11,13,15,17-19,21-24H2,1-4H3/b26-14+,27-16+,28-20+. The number of hydrogen-bond acceptors (Lipinski definition) is 4. The molecule has 2 rings (SSSR count). The summed E-state index contributed by atoms with van der Waals surface area (Å²) in [5, 5.41) is 0. The van der Waals surface area contributed by atoms with Crippen LogP contribution < -0.4 is 0 Å². The minimum atomic E-state index is -0.0521. The van der Waals surface area contributed by atoms with E-state index in [1.165, 1.54) is 41.6 Å². The zero-order valence-corrected chi connectivity index (χ0v) is 22.4. The normalized spacial score (nSPS) is 22.6. The van der Waals surface area contributed by atoms with Crippen molar-refractivity contribution < 1.29 is 18.9 Å².